The first kappa shape index (κ1) is 19.3. The Bertz CT molecular complexity index is 750. The van der Waals surface area contributed by atoms with Crippen molar-refractivity contribution in [3.05, 3.63) is 48.5 Å². The molecule has 7 nitrogen and oxygen atoms in total. The number of ether oxygens (including phenoxy) is 2. The molecule has 0 unspecified atom stereocenters. The van der Waals surface area contributed by atoms with Crippen molar-refractivity contribution in [1.82, 2.24) is 10.9 Å². The number of anilines is 2. The molecule has 3 N–H and O–H groups in total. The molecule has 0 heterocycles. The van der Waals surface area contributed by atoms with Crippen LogP contribution < -0.4 is 30.5 Å². The number of carbonyl (C=O) groups excluding carboxylic acids is 1. The smallest absolute Gasteiger partial charge is 0.276 e. The molecule has 8 heteroatoms. The molecule has 2 aromatic rings. The van der Waals surface area contributed by atoms with Gasteiger partial charge in [-0.2, -0.15) is 0 Å². The zero-order valence-electron chi connectivity index (χ0n) is 14.9. The Morgan fingerprint density at radius 2 is 1.81 bits per heavy atom. The maximum atomic E-state index is 11.9. The van der Waals surface area contributed by atoms with Gasteiger partial charge in [-0.1, -0.05) is 6.07 Å². The van der Waals surface area contributed by atoms with Crippen LogP contribution in [0.3, 0.4) is 0 Å². The van der Waals surface area contributed by atoms with Crippen LogP contribution in [0.25, 0.3) is 0 Å². The van der Waals surface area contributed by atoms with E-state index in [9.17, 15) is 4.79 Å². The second kappa shape index (κ2) is 9.47. The van der Waals surface area contributed by atoms with E-state index in [2.05, 4.69) is 16.2 Å². The highest BCUT2D eigenvalue weighted by atomic mass is 32.1. The van der Waals surface area contributed by atoms with Gasteiger partial charge >= 0.3 is 0 Å². The van der Waals surface area contributed by atoms with E-state index in [1.165, 1.54) is 0 Å². The van der Waals surface area contributed by atoms with Crippen LogP contribution in [0.2, 0.25) is 0 Å². The first-order valence-electron chi connectivity index (χ1n) is 7.88. The number of carbonyl (C=O) groups is 1. The summed E-state index contributed by atoms with van der Waals surface area (Å²) in [6.45, 7) is -0.130. The second-order valence-corrected chi connectivity index (χ2v) is 5.94. The summed E-state index contributed by atoms with van der Waals surface area (Å²) in [4.78, 5) is 13.8. The molecule has 0 aliphatic carbocycles. The Labute approximate surface area is 158 Å². The van der Waals surface area contributed by atoms with Gasteiger partial charge in [-0.25, -0.2) is 0 Å². The van der Waals surface area contributed by atoms with Crippen LogP contribution in [0.15, 0.2) is 48.5 Å². The molecule has 2 rings (SSSR count). The summed E-state index contributed by atoms with van der Waals surface area (Å²) in [6.07, 6.45) is 0. The Morgan fingerprint density at radius 1 is 1.08 bits per heavy atom. The average molecular weight is 374 g/mol. The van der Waals surface area contributed by atoms with Gasteiger partial charge in [0.25, 0.3) is 5.91 Å². The molecule has 0 aliphatic heterocycles. The van der Waals surface area contributed by atoms with E-state index in [-0.39, 0.29) is 17.6 Å². The predicted octanol–water partition coefficient (Wildman–Crippen LogP) is 2.16. The van der Waals surface area contributed by atoms with Crippen LogP contribution in [0.5, 0.6) is 11.5 Å². The third-order valence-electron chi connectivity index (χ3n) is 3.37. The number of benzene rings is 2. The highest BCUT2D eigenvalue weighted by molar-refractivity contribution is 7.80. The first-order valence-corrected chi connectivity index (χ1v) is 8.29. The predicted molar refractivity (Wildman–Crippen MR) is 107 cm³/mol. The van der Waals surface area contributed by atoms with Gasteiger partial charge in [-0.15, -0.1) is 0 Å². The number of nitrogens with one attached hydrogen (secondary N) is 3. The van der Waals surface area contributed by atoms with Crippen LogP contribution in [-0.4, -0.2) is 38.8 Å². The molecule has 0 saturated heterocycles. The van der Waals surface area contributed by atoms with Gasteiger partial charge in [-0.05, 0) is 48.6 Å². The SMILES string of the molecule is COc1ccc(NC(=S)NNC(=O)COc2cccc(N(C)C)c2)cc1. The third kappa shape index (κ3) is 6.14. The molecule has 0 aromatic heterocycles. The number of thiocarbonyl (C=S) groups is 1. The molecule has 0 radical (unpaired) electrons. The van der Waals surface area contributed by atoms with Crippen molar-refractivity contribution < 1.29 is 14.3 Å². The minimum Gasteiger partial charge on any atom is -0.497 e. The highest BCUT2D eigenvalue weighted by Crippen LogP contribution is 2.19. The van der Waals surface area contributed by atoms with Crippen LogP contribution in [-0.2, 0) is 4.79 Å². The normalized spacial score (nSPS) is 9.81. The van der Waals surface area contributed by atoms with Crippen molar-refractivity contribution >= 4 is 34.6 Å². The van der Waals surface area contributed by atoms with E-state index in [0.717, 1.165) is 17.1 Å². The molecule has 1 amide bonds. The first-order chi connectivity index (χ1) is 12.5. The maximum absolute atomic E-state index is 11.9. The van der Waals surface area contributed by atoms with E-state index in [4.69, 9.17) is 21.7 Å². The summed E-state index contributed by atoms with van der Waals surface area (Å²) >= 11 is 5.12. The molecule has 0 fully saturated rings. The summed E-state index contributed by atoms with van der Waals surface area (Å²) in [6, 6.07) is 14.7. The Kier molecular flexibility index (Phi) is 7.04. The van der Waals surface area contributed by atoms with Crippen LogP contribution in [0.4, 0.5) is 11.4 Å². The van der Waals surface area contributed by atoms with E-state index in [0.29, 0.717) is 5.75 Å². The minimum atomic E-state index is -0.348. The van der Waals surface area contributed by atoms with Gasteiger partial charge in [0.05, 0.1) is 7.11 Å². The molecular formula is C18H22N4O3S. The molecule has 0 spiro atoms. The van der Waals surface area contributed by atoms with E-state index in [1.54, 1.807) is 25.3 Å². The summed E-state index contributed by atoms with van der Waals surface area (Å²) in [5, 5.41) is 3.21. The number of hydrogen-bond acceptors (Lipinski definition) is 5. The summed E-state index contributed by atoms with van der Waals surface area (Å²) < 4.78 is 10.6. The van der Waals surface area contributed by atoms with Gasteiger partial charge < -0.3 is 19.7 Å². The van der Waals surface area contributed by atoms with Gasteiger partial charge in [0.2, 0.25) is 0 Å². The monoisotopic (exact) mass is 374 g/mol. The van der Waals surface area contributed by atoms with Crippen molar-refractivity contribution in [1.29, 1.82) is 0 Å². The van der Waals surface area contributed by atoms with Crippen molar-refractivity contribution in [3.63, 3.8) is 0 Å². The lowest BCUT2D eigenvalue weighted by Gasteiger charge is -2.14. The molecule has 0 saturated carbocycles. The molecule has 138 valence electrons. The molecular weight excluding hydrogens is 352 g/mol. The van der Waals surface area contributed by atoms with E-state index >= 15 is 0 Å². The number of methoxy groups -OCH3 is 1. The van der Waals surface area contributed by atoms with Gasteiger partial charge in [0.15, 0.2) is 11.7 Å². The van der Waals surface area contributed by atoms with Crippen LogP contribution in [0, 0.1) is 0 Å². The quantitative estimate of drug-likeness (QED) is 0.528. The van der Waals surface area contributed by atoms with Crippen molar-refractivity contribution in [2.45, 2.75) is 0 Å². The molecule has 0 atom stereocenters. The van der Waals surface area contributed by atoms with Crippen LogP contribution >= 0.6 is 12.2 Å². The van der Waals surface area contributed by atoms with Gasteiger partial charge in [0.1, 0.15) is 11.5 Å². The topological polar surface area (TPSA) is 74.9 Å². The fourth-order valence-corrected chi connectivity index (χ4v) is 2.17. The van der Waals surface area contributed by atoms with Gasteiger partial charge in [0, 0.05) is 31.5 Å². The zero-order valence-corrected chi connectivity index (χ0v) is 15.7. The lowest BCUT2D eigenvalue weighted by molar-refractivity contribution is -0.123. The minimum absolute atomic E-state index is 0.130. The molecule has 0 aliphatic rings. The van der Waals surface area contributed by atoms with E-state index < -0.39 is 0 Å². The molecule has 2 aromatic carbocycles. The lowest BCUT2D eigenvalue weighted by Crippen LogP contribution is -2.45. The number of hydrogen-bond donors (Lipinski definition) is 3. The molecule has 0 bridgehead atoms. The standard InChI is InChI=1S/C18H22N4O3S/c1-22(2)14-5-4-6-16(11-14)25-12-17(23)20-21-18(26)19-13-7-9-15(24-3)10-8-13/h4-11H,12H2,1-3H3,(H,20,23)(H2,19,21,26). The highest BCUT2D eigenvalue weighted by Gasteiger charge is 2.05. The van der Waals surface area contributed by atoms with Crippen molar-refractivity contribution in [2.24, 2.45) is 0 Å². The maximum Gasteiger partial charge on any atom is 0.276 e. The number of rotatable bonds is 6. The largest absolute Gasteiger partial charge is 0.497 e. The second-order valence-electron chi connectivity index (χ2n) is 5.54. The number of hydrazine groups is 1. The Morgan fingerprint density at radius 3 is 2.46 bits per heavy atom. The summed E-state index contributed by atoms with van der Waals surface area (Å²) in [7, 11) is 5.47. The van der Waals surface area contributed by atoms with Crippen molar-refractivity contribution in [2.75, 3.05) is 38.0 Å². The fourth-order valence-electron chi connectivity index (χ4n) is 2.00. The van der Waals surface area contributed by atoms with Crippen molar-refractivity contribution in [3.8, 4) is 11.5 Å². The summed E-state index contributed by atoms with van der Waals surface area (Å²) in [5.41, 5.74) is 6.87. The van der Waals surface area contributed by atoms with E-state index in [1.807, 2.05) is 49.3 Å². The Balaban J connectivity index is 1.74. The fraction of sp³-hybridized carbons (Fsp3) is 0.222. The third-order valence-corrected chi connectivity index (χ3v) is 3.57. The molecule has 26 heavy (non-hydrogen) atoms. The van der Waals surface area contributed by atoms with Crippen LogP contribution in [0.1, 0.15) is 0 Å². The lowest BCUT2D eigenvalue weighted by atomic mass is 10.3. The number of nitrogens with zero attached hydrogens (tertiary/aromatic N) is 1. The summed E-state index contributed by atoms with van der Waals surface area (Å²) in [5.74, 6) is 1.02. The average Bonchev–Trinajstić information content (AvgIpc) is 2.65. The zero-order chi connectivity index (χ0) is 18.9. The number of amides is 1. The Hall–Kier alpha value is -3.00. The van der Waals surface area contributed by atoms with Gasteiger partial charge in [-0.3, -0.25) is 15.6 Å².